The van der Waals surface area contributed by atoms with E-state index in [0.717, 1.165) is 11.5 Å². The van der Waals surface area contributed by atoms with Gasteiger partial charge >= 0.3 is 5.97 Å². The summed E-state index contributed by atoms with van der Waals surface area (Å²) in [5.41, 5.74) is 14.7. The average Bonchev–Trinajstić information content (AvgIpc) is 2.59. The van der Waals surface area contributed by atoms with Crippen molar-refractivity contribution in [2.75, 3.05) is 11.5 Å². The molecule has 2 aromatic rings. The van der Waals surface area contributed by atoms with E-state index in [9.17, 15) is 4.79 Å². The van der Waals surface area contributed by atoms with E-state index in [1.807, 2.05) is 12.1 Å². The van der Waals surface area contributed by atoms with Crippen LogP contribution in [-0.4, -0.2) is 5.97 Å². The van der Waals surface area contributed by atoms with Crippen LogP contribution in [0.2, 0.25) is 0 Å². The average molecular weight is 338 g/mol. The van der Waals surface area contributed by atoms with Crippen molar-refractivity contribution in [3.63, 3.8) is 0 Å². The number of hydrogen-bond acceptors (Lipinski definition) is 4. The Morgan fingerprint density at radius 1 is 1.04 bits per heavy atom. The molecule has 132 valence electrons. The zero-order valence-corrected chi connectivity index (χ0v) is 14.7. The summed E-state index contributed by atoms with van der Waals surface area (Å²) in [7, 11) is 0. The number of carbonyl (C=O) groups is 1. The van der Waals surface area contributed by atoms with Crippen molar-refractivity contribution in [1.82, 2.24) is 0 Å². The Balaban J connectivity index is 1.58. The van der Waals surface area contributed by atoms with Crippen molar-refractivity contribution in [3.05, 3.63) is 53.6 Å². The molecule has 25 heavy (non-hydrogen) atoms. The van der Waals surface area contributed by atoms with Gasteiger partial charge in [-0.2, -0.15) is 0 Å². The Labute approximate surface area is 149 Å². The van der Waals surface area contributed by atoms with Crippen LogP contribution in [0.15, 0.2) is 42.5 Å². The summed E-state index contributed by atoms with van der Waals surface area (Å²) >= 11 is 0. The topological polar surface area (TPSA) is 78.3 Å². The van der Waals surface area contributed by atoms with Crippen molar-refractivity contribution in [3.8, 4) is 5.75 Å². The number of nitrogens with two attached hydrogens (primary N) is 2. The third kappa shape index (κ3) is 4.53. The highest BCUT2D eigenvalue weighted by Gasteiger charge is 2.19. The van der Waals surface area contributed by atoms with Gasteiger partial charge in [0.15, 0.2) is 0 Å². The van der Waals surface area contributed by atoms with Crippen LogP contribution in [0.3, 0.4) is 0 Å². The highest BCUT2D eigenvalue weighted by atomic mass is 16.5. The maximum atomic E-state index is 12.1. The monoisotopic (exact) mass is 338 g/mol. The first-order valence-electron chi connectivity index (χ1n) is 8.96. The number of rotatable bonds is 4. The van der Waals surface area contributed by atoms with Crippen molar-refractivity contribution >= 4 is 17.3 Å². The molecule has 1 fully saturated rings. The molecule has 4 N–H and O–H groups in total. The molecule has 2 aromatic carbocycles. The highest BCUT2D eigenvalue weighted by Crippen LogP contribution is 2.35. The number of benzene rings is 2. The van der Waals surface area contributed by atoms with Gasteiger partial charge in [-0.25, -0.2) is 0 Å². The summed E-state index contributed by atoms with van der Waals surface area (Å²) in [5, 5.41) is 0. The first-order chi connectivity index (χ1) is 12.0. The number of carbonyl (C=O) groups excluding carboxylic acids is 1. The molecule has 0 aliphatic heterocycles. The van der Waals surface area contributed by atoms with E-state index >= 15 is 0 Å². The van der Waals surface area contributed by atoms with E-state index in [0.29, 0.717) is 23.0 Å². The molecule has 0 radical (unpaired) electrons. The fourth-order valence-electron chi connectivity index (χ4n) is 3.50. The molecule has 4 nitrogen and oxygen atoms in total. The van der Waals surface area contributed by atoms with E-state index in [4.69, 9.17) is 16.2 Å². The predicted molar refractivity (Wildman–Crippen MR) is 101 cm³/mol. The molecular formula is C21H26N2O2. The number of nitrogen functional groups attached to an aromatic ring is 2. The van der Waals surface area contributed by atoms with E-state index in [-0.39, 0.29) is 12.4 Å². The molecule has 0 saturated heterocycles. The van der Waals surface area contributed by atoms with Gasteiger partial charge in [0, 0.05) is 11.4 Å². The maximum Gasteiger partial charge on any atom is 0.315 e. The van der Waals surface area contributed by atoms with E-state index in [1.54, 1.807) is 18.2 Å². The van der Waals surface area contributed by atoms with Crippen molar-refractivity contribution in [2.24, 2.45) is 5.92 Å². The quantitative estimate of drug-likeness (QED) is 0.495. The summed E-state index contributed by atoms with van der Waals surface area (Å²) in [5.74, 6) is 1.73. The third-order valence-electron chi connectivity index (χ3n) is 5.10. The van der Waals surface area contributed by atoms with Gasteiger partial charge in [-0.1, -0.05) is 38.0 Å². The first-order valence-corrected chi connectivity index (χ1v) is 8.96. The first kappa shape index (κ1) is 17.3. The molecule has 0 heterocycles. The van der Waals surface area contributed by atoms with Crippen LogP contribution in [0.1, 0.15) is 49.7 Å². The maximum absolute atomic E-state index is 12.1. The van der Waals surface area contributed by atoms with Crippen LogP contribution < -0.4 is 16.2 Å². The number of ether oxygens (including phenoxy) is 1. The van der Waals surface area contributed by atoms with E-state index in [2.05, 4.69) is 19.1 Å². The van der Waals surface area contributed by atoms with Crippen molar-refractivity contribution in [2.45, 2.75) is 44.9 Å². The summed E-state index contributed by atoms with van der Waals surface area (Å²) in [4.78, 5) is 12.1. The SMILES string of the molecule is CC1CCC(c2ccc(OC(=O)Cc3ccc(N)cc3N)cc2)CC1. The van der Waals surface area contributed by atoms with Gasteiger partial charge in [0.25, 0.3) is 0 Å². The van der Waals surface area contributed by atoms with Crippen LogP contribution in [0.25, 0.3) is 0 Å². The van der Waals surface area contributed by atoms with Gasteiger partial charge in [-0.15, -0.1) is 0 Å². The van der Waals surface area contributed by atoms with Crippen LogP contribution in [0.4, 0.5) is 11.4 Å². The zero-order chi connectivity index (χ0) is 17.8. The van der Waals surface area contributed by atoms with Crippen LogP contribution in [0, 0.1) is 5.92 Å². The number of hydrogen-bond donors (Lipinski definition) is 2. The fraction of sp³-hybridized carbons (Fsp3) is 0.381. The minimum Gasteiger partial charge on any atom is -0.426 e. The summed E-state index contributed by atoms with van der Waals surface area (Å²) in [6.07, 6.45) is 5.22. The summed E-state index contributed by atoms with van der Waals surface area (Å²) in [6.45, 7) is 2.33. The van der Waals surface area contributed by atoms with Crippen LogP contribution >= 0.6 is 0 Å². The molecule has 1 aliphatic rings. The summed E-state index contributed by atoms with van der Waals surface area (Å²) < 4.78 is 5.44. The standard InChI is InChI=1S/C21H26N2O2/c1-14-2-4-15(5-3-14)16-7-10-19(11-8-16)25-21(24)12-17-6-9-18(22)13-20(17)23/h6-11,13-15H,2-5,12,22-23H2,1H3. The van der Waals surface area contributed by atoms with Gasteiger partial charge in [0.05, 0.1) is 6.42 Å². The number of esters is 1. The normalized spacial score (nSPS) is 20.2. The second-order valence-corrected chi connectivity index (χ2v) is 7.13. The molecule has 1 aliphatic carbocycles. The number of anilines is 2. The van der Waals surface area contributed by atoms with E-state index in [1.165, 1.54) is 31.2 Å². The third-order valence-corrected chi connectivity index (χ3v) is 5.10. The lowest BCUT2D eigenvalue weighted by molar-refractivity contribution is -0.133. The van der Waals surface area contributed by atoms with Gasteiger partial charge in [0.2, 0.25) is 0 Å². The molecule has 4 heteroatoms. The van der Waals surface area contributed by atoms with Crippen molar-refractivity contribution in [1.29, 1.82) is 0 Å². The lowest BCUT2D eigenvalue weighted by Gasteiger charge is -2.26. The Hall–Kier alpha value is -2.49. The smallest absolute Gasteiger partial charge is 0.315 e. The lowest BCUT2D eigenvalue weighted by Crippen LogP contribution is -2.13. The highest BCUT2D eigenvalue weighted by molar-refractivity contribution is 5.77. The van der Waals surface area contributed by atoms with Gasteiger partial charge in [0.1, 0.15) is 5.75 Å². The molecule has 0 aromatic heterocycles. The molecule has 3 rings (SSSR count). The molecular weight excluding hydrogens is 312 g/mol. The van der Waals surface area contributed by atoms with E-state index < -0.39 is 0 Å². The predicted octanol–water partition coefficient (Wildman–Crippen LogP) is 4.29. The van der Waals surface area contributed by atoms with Crippen LogP contribution in [-0.2, 0) is 11.2 Å². The molecule has 0 bridgehead atoms. The minimum absolute atomic E-state index is 0.133. The largest absolute Gasteiger partial charge is 0.426 e. The van der Waals surface area contributed by atoms with Gasteiger partial charge in [-0.05, 0) is 60.1 Å². The Kier molecular flexibility index (Phi) is 5.27. The Morgan fingerprint density at radius 3 is 2.36 bits per heavy atom. The Morgan fingerprint density at radius 2 is 1.72 bits per heavy atom. The summed E-state index contributed by atoms with van der Waals surface area (Å²) in [6, 6.07) is 13.1. The fourth-order valence-corrected chi connectivity index (χ4v) is 3.50. The minimum atomic E-state index is -0.323. The van der Waals surface area contributed by atoms with Crippen LogP contribution in [0.5, 0.6) is 5.75 Å². The van der Waals surface area contributed by atoms with Crippen molar-refractivity contribution < 1.29 is 9.53 Å². The second-order valence-electron chi connectivity index (χ2n) is 7.13. The zero-order valence-electron chi connectivity index (χ0n) is 14.7. The molecule has 0 spiro atoms. The second kappa shape index (κ2) is 7.60. The molecule has 0 unspecified atom stereocenters. The Bertz CT molecular complexity index is 732. The molecule has 1 saturated carbocycles. The molecule has 0 atom stereocenters. The van der Waals surface area contributed by atoms with Gasteiger partial charge in [-0.3, -0.25) is 4.79 Å². The van der Waals surface area contributed by atoms with Gasteiger partial charge < -0.3 is 16.2 Å². The molecule has 0 amide bonds. The lowest BCUT2D eigenvalue weighted by atomic mass is 9.79.